The second-order valence-corrected chi connectivity index (χ2v) is 7.92. The lowest BCUT2D eigenvalue weighted by molar-refractivity contribution is -0.127. The standard InChI is InChI=1S/C12H26N2O3S.ClH/c1-9(2)11(13)6-7-14(5)12(15)8-18(16,17)10(3)4;/h9-11H,6-8,13H2,1-5H3;1H. The Balaban J connectivity index is 0. The lowest BCUT2D eigenvalue weighted by Crippen LogP contribution is -2.38. The molecule has 0 saturated carbocycles. The molecule has 19 heavy (non-hydrogen) atoms. The summed E-state index contributed by atoms with van der Waals surface area (Å²) in [5, 5.41) is -0.521. The van der Waals surface area contributed by atoms with Crippen LogP contribution in [0.5, 0.6) is 0 Å². The molecule has 0 saturated heterocycles. The third-order valence-corrected chi connectivity index (χ3v) is 5.21. The average molecular weight is 315 g/mol. The molecule has 1 unspecified atom stereocenters. The maximum atomic E-state index is 11.8. The van der Waals surface area contributed by atoms with E-state index in [2.05, 4.69) is 0 Å². The highest BCUT2D eigenvalue weighted by molar-refractivity contribution is 7.92. The molecule has 0 rings (SSSR count). The first-order valence-electron chi connectivity index (χ1n) is 6.29. The summed E-state index contributed by atoms with van der Waals surface area (Å²) in [7, 11) is -1.70. The molecular formula is C12H27ClN2O3S. The number of nitrogens with zero attached hydrogens (tertiary/aromatic N) is 1. The van der Waals surface area contributed by atoms with Gasteiger partial charge in [0.25, 0.3) is 0 Å². The van der Waals surface area contributed by atoms with Crippen LogP contribution in [0.2, 0.25) is 0 Å². The van der Waals surface area contributed by atoms with Crippen LogP contribution in [0, 0.1) is 5.92 Å². The molecule has 0 aromatic rings. The molecule has 0 spiro atoms. The Kier molecular flexibility index (Phi) is 9.68. The van der Waals surface area contributed by atoms with Crippen molar-refractivity contribution in [3.63, 3.8) is 0 Å². The molecule has 5 nitrogen and oxygen atoms in total. The molecule has 0 aliphatic carbocycles. The zero-order valence-corrected chi connectivity index (χ0v) is 14.1. The number of amides is 1. The van der Waals surface area contributed by atoms with Crippen molar-refractivity contribution in [3.8, 4) is 0 Å². The third-order valence-electron chi connectivity index (χ3n) is 3.12. The second-order valence-electron chi connectivity index (χ2n) is 5.37. The fraction of sp³-hybridized carbons (Fsp3) is 0.917. The van der Waals surface area contributed by atoms with E-state index in [4.69, 9.17) is 5.73 Å². The Morgan fingerprint density at radius 3 is 2.05 bits per heavy atom. The highest BCUT2D eigenvalue weighted by atomic mass is 35.5. The number of halogens is 1. The third kappa shape index (κ3) is 7.74. The zero-order chi connectivity index (χ0) is 14.5. The highest BCUT2D eigenvalue weighted by Gasteiger charge is 2.23. The molecule has 116 valence electrons. The van der Waals surface area contributed by atoms with Gasteiger partial charge >= 0.3 is 0 Å². The van der Waals surface area contributed by atoms with E-state index in [0.717, 1.165) is 0 Å². The van der Waals surface area contributed by atoms with Gasteiger partial charge in [0.1, 0.15) is 5.75 Å². The first-order valence-corrected chi connectivity index (χ1v) is 8.00. The summed E-state index contributed by atoms with van der Waals surface area (Å²) in [6.07, 6.45) is 0.682. The molecule has 1 amide bonds. The number of rotatable bonds is 7. The van der Waals surface area contributed by atoms with Gasteiger partial charge in [0.2, 0.25) is 5.91 Å². The van der Waals surface area contributed by atoms with Crippen LogP contribution in [0.1, 0.15) is 34.1 Å². The van der Waals surface area contributed by atoms with Gasteiger partial charge in [-0.3, -0.25) is 4.79 Å². The number of sulfone groups is 1. The number of carbonyl (C=O) groups excluding carboxylic acids is 1. The van der Waals surface area contributed by atoms with E-state index in [1.807, 2.05) is 13.8 Å². The van der Waals surface area contributed by atoms with Gasteiger partial charge in [0, 0.05) is 19.6 Å². The molecule has 0 radical (unpaired) electrons. The summed E-state index contributed by atoms with van der Waals surface area (Å²) >= 11 is 0. The molecule has 0 aromatic heterocycles. The van der Waals surface area contributed by atoms with E-state index in [1.165, 1.54) is 4.90 Å². The topological polar surface area (TPSA) is 80.5 Å². The van der Waals surface area contributed by atoms with Crippen LogP contribution in [0.15, 0.2) is 0 Å². The minimum absolute atomic E-state index is 0. The van der Waals surface area contributed by atoms with Crippen molar-refractivity contribution in [2.24, 2.45) is 11.7 Å². The molecule has 7 heteroatoms. The first-order chi connectivity index (χ1) is 8.08. The van der Waals surface area contributed by atoms with Crippen LogP contribution >= 0.6 is 12.4 Å². The van der Waals surface area contributed by atoms with Gasteiger partial charge in [0.15, 0.2) is 9.84 Å². The van der Waals surface area contributed by atoms with Crippen molar-refractivity contribution in [2.45, 2.75) is 45.4 Å². The summed E-state index contributed by atoms with van der Waals surface area (Å²) in [6.45, 7) is 7.70. The monoisotopic (exact) mass is 314 g/mol. The molecule has 0 aliphatic heterocycles. The summed E-state index contributed by atoms with van der Waals surface area (Å²) in [6, 6.07) is 0.0296. The Labute approximate surface area is 123 Å². The van der Waals surface area contributed by atoms with E-state index in [0.29, 0.717) is 18.9 Å². The summed E-state index contributed by atoms with van der Waals surface area (Å²) in [5.74, 6) is -0.425. The lowest BCUT2D eigenvalue weighted by Gasteiger charge is -2.21. The molecule has 0 bridgehead atoms. The van der Waals surface area contributed by atoms with Gasteiger partial charge in [0.05, 0.1) is 5.25 Å². The van der Waals surface area contributed by atoms with Crippen molar-refractivity contribution in [3.05, 3.63) is 0 Å². The van der Waals surface area contributed by atoms with Crippen molar-refractivity contribution in [1.82, 2.24) is 4.90 Å². The molecule has 0 aliphatic rings. The number of carbonyl (C=O) groups is 1. The minimum atomic E-state index is -3.32. The summed E-state index contributed by atoms with van der Waals surface area (Å²) < 4.78 is 23.2. The van der Waals surface area contributed by atoms with Crippen LogP contribution in [0.3, 0.4) is 0 Å². The molecule has 2 N–H and O–H groups in total. The van der Waals surface area contributed by atoms with Crippen molar-refractivity contribution in [1.29, 1.82) is 0 Å². The highest BCUT2D eigenvalue weighted by Crippen LogP contribution is 2.06. The SMILES string of the molecule is CC(C)C(N)CCN(C)C(=O)CS(=O)(=O)C(C)C.Cl. The van der Waals surface area contributed by atoms with Crippen LogP contribution in [0.4, 0.5) is 0 Å². The average Bonchev–Trinajstić information content (AvgIpc) is 2.24. The number of nitrogens with two attached hydrogens (primary N) is 1. The van der Waals surface area contributed by atoms with Crippen LogP contribution in [-0.2, 0) is 14.6 Å². The van der Waals surface area contributed by atoms with Gasteiger partial charge in [-0.2, -0.15) is 0 Å². The fourth-order valence-corrected chi connectivity index (χ4v) is 2.15. The van der Waals surface area contributed by atoms with E-state index in [9.17, 15) is 13.2 Å². The quantitative estimate of drug-likeness (QED) is 0.762. The van der Waals surface area contributed by atoms with E-state index in [1.54, 1.807) is 20.9 Å². The Morgan fingerprint density at radius 1 is 1.21 bits per heavy atom. The largest absolute Gasteiger partial charge is 0.345 e. The predicted molar refractivity (Wildman–Crippen MR) is 81.2 cm³/mol. The van der Waals surface area contributed by atoms with Gasteiger partial charge in [-0.25, -0.2) is 8.42 Å². The van der Waals surface area contributed by atoms with Gasteiger partial charge in [-0.15, -0.1) is 12.4 Å². The van der Waals surface area contributed by atoms with Gasteiger partial charge < -0.3 is 10.6 Å². The molecule has 0 fully saturated rings. The van der Waals surface area contributed by atoms with E-state index >= 15 is 0 Å². The van der Waals surface area contributed by atoms with E-state index < -0.39 is 20.8 Å². The lowest BCUT2D eigenvalue weighted by atomic mass is 10.0. The zero-order valence-electron chi connectivity index (χ0n) is 12.4. The second kappa shape index (κ2) is 8.76. The molecule has 1 atom stereocenters. The van der Waals surface area contributed by atoms with E-state index in [-0.39, 0.29) is 24.4 Å². The number of hydrogen-bond acceptors (Lipinski definition) is 4. The predicted octanol–water partition coefficient (Wildman–Crippen LogP) is 1.06. The normalized spacial score (nSPS) is 13.3. The maximum Gasteiger partial charge on any atom is 0.237 e. The van der Waals surface area contributed by atoms with Crippen molar-refractivity contribution in [2.75, 3.05) is 19.3 Å². The molecular weight excluding hydrogens is 288 g/mol. The van der Waals surface area contributed by atoms with Crippen LogP contribution in [0.25, 0.3) is 0 Å². The van der Waals surface area contributed by atoms with Crippen molar-refractivity contribution >= 4 is 28.2 Å². The minimum Gasteiger partial charge on any atom is -0.345 e. The fourth-order valence-electron chi connectivity index (χ4n) is 1.25. The Morgan fingerprint density at radius 2 is 1.68 bits per heavy atom. The smallest absolute Gasteiger partial charge is 0.237 e. The molecule has 0 aromatic carbocycles. The molecule has 0 heterocycles. The van der Waals surface area contributed by atoms with Crippen molar-refractivity contribution < 1.29 is 13.2 Å². The van der Waals surface area contributed by atoms with Crippen LogP contribution < -0.4 is 5.73 Å². The summed E-state index contributed by atoms with van der Waals surface area (Å²) in [4.78, 5) is 13.2. The maximum absolute atomic E-state index is 11.8. The first kappa shape index (κ1) is 21.0. The van der Waals surface area contributed by atoms with Gasteiger partial charge in [-0.05, 0) is 26.2 Å². The summed E-state index contributed by atoms with van der Waals surface area (Å²) in [5.41, 5.74) is 5.88. The number of hydrogen-bond donors (Lipinski definition) is 1. The Hall–Kier alpha value is -0.330. The van der Waals surface area contributed by atoms with Crippen LogP contribution in [-0.4, -0.2) is 49.9 Å². The Bertz CT molecular complexity index is 369. The van der Waals surface area contributed by atoms with Gasteiger partial charge in [-0.1, -0.05) is 13.8 Å².